The number of carbonyl (C=O) groups is 1. The summed E-state index contributed by atoms with van der Waals surface area (Å²) in [6, 6.07) is 0. The van der Waals surface area contributed by atoms with Crippen LogP contribution in [0.3, 0.4) is 0 Å². The summed E-state index contributed by atoms with van der Waals surface area (Å²) in [4.78, 5) is 19.5. The van der Waals surface area contributed by atoms with Crippen molar-refractivity contribution in [3.63, 3.8) is 0 Å². The number of nitrogen functional groups attached to an aromatic ring is 1. The maximum atomic E-state index is 11.5. The summed E-state index contributed by atoms with van der Waals surface area (Å²) >= 11 is 1.34. The summed E-state index contributed by atoms with van der Waals surface area (Å²) < 4.78 is 5.04. The lowest BCUT2D eigenvalue weighted by Gasteiger charge is -2.19. The van der Waals surface area contributed by atoms with Gasteiger partial charge in [-0.3, -0.25) is 10.7 Å². The number of alkyl carbamates (subject to hydrolysis) is 1. The Bertz CT molecular complexity index is 498. The molecular formula is C11H17N5O2S. The molecule has 8 heteroatoms. The number of anilines is 1. The second-order valence-electron chi connectivity index (χ2n) is 4.66. The van der Waals surface area contributed by atoms with Crippen LogP contribution >= 0.6 is 11.8 Å². The predicted molar refractivity (Wildman–Crippen MR) is 74.4 cm³/mol. The molecule has 7 nitrogen and oxygen atoms in total. The summed E-state index contributed by atoms with van der Waals surface area (Å²) in [7, 11) is 0. The summed E-state index contributed by atoms with van der Waals surface area (Å²) in [6.45, 7) is 5.21. The molecule has 0 aliphatic carbocycles. The lowest BCUT2D eigenvalue weighted by molar-refractivity contribution is 0.0563. The van der Waals surface area contributed by atoms with E-state index >= 15 is 0 Å². The van der Waals surface area contributed by atoms with Crippen LogP contribution in [0.2, 0.25) is 0 Å². The monoisotopic (exact) mass is 283 g/mol. The molecule has 0 bridgehead atoms. The van der Waals surface area contributed by atoms with E-state index in [1.807, 2.05) is 6.26 Å². The van der Waals surface area contributed by atoms with Crippen LogP contribution in [0.4, 0.5) is 10.6 Å². The fourth-order valence-electron chi connectivity index (χ4n) is 1.14. The molecule has 0 aliphatic rings. The van der Waals surface area contributed by atoms with Crippen LogP contribution in [-0.4, -0.2) is 33.8 Å². The Morgan fingerprint density at radius 3 is 2.63 bits per heavy atom. The smallest absolute Gasteiger partial charge is 0.413 e. The number of aromatic nitrogens is 2. The van der Waals surface area contributed by atoms with Crippen molar-refractivity contribution in [3.05, 3.63) is 11.8 Å². The Kier molecular flexibility index (Phi) is 4.71. The molecule has 0 radical (unpaired) electrons. The number of nitrogens with two attached hydrogens (primary N) is 1. The van der Waals surface area contributed by atoms with Gasteiger partial charge in [-0.15, -0.1) is 0 Å². The van der Waals surface area contributed by atoms with Crippen molar-refractivity contribution in [2.24, 2.45) is 0 Å². The van der Waals surface area contributed by atoms with Crippen molar-refractivity contribution < 1.29 is 9.53 Å². The third kappa shape index (κ3) is 4.74. The molecule has 104 valence electrons. The molecule has 1 aromatic heterocycles. The summed E-state index contributed by atoms with van der Waals surface area (Å²) in [5, 5.41) is 10.5. The third-order valence-electron chi connectivity index (χ3n) is 1.87. The lowest BCUT2D eigenvalue weighted by atomic mass is 10.2. The van der Waals surface area contributed by atoms with Gasteiger partial charge in [0, 0.05) is 6.20 Å². The summed E-state index contributed by atoms with van der Waals surface area (Å²) in [5.41, 5.74) is 5.33. The van der Waals surface area contributed by atoms with Crippen LogP contribution in [0.15, 0.2) is 11.4 Å². The van der Waals surface area contributed by atoms with Gasteiger partial charge in [-0.2, -0.15) is 0 Å². The molecule has 0 saturated carbocycles. The van der Waals surface area contributed by atoms with E-state index in [2.05, 4.69) is 15.3 Å². The molecule has 4 N–H and O–H groups in total. The second kappa shape index (κ2) is 5.87. The minimum Gasteiger partial charge on any atom is -0.444 e. The quantitative estimate of drug-likeness (QED) is 0.329. The van der Waals surface area contributed by atoms with Gasteiger partial charge in [0.1, 0.15) is 17.3 Å². The van der Waals surface area contributed by atoms with Crippen molar-refractivity contribution in [3.8, 4) is 0 Å². The highest BCUT2D eigenvalue weighted by Crippen LogP contribution is 2.13. The number of nitrogens with one attached hydrogen (secondary N) is 2. The van der Waals surface area contributed by atoms with E-state index in [4.69, 9.17) is 15.9 Å². The van der Waals surface area contributed by atoms with Crippen LogP contribution in [0, 0.1) is 5.41 Å². The molecule has 0 spiro atoms. The van der Waals surface area contributed by atoms with Crippen LogP contribution in [-0.2, 0) is 4.74 Å². The first kappa shape index (κ1) is 15.2. The van der Waals surface area contributed by atoms with E-state index in [0.717, 1.165) is 0 Å². The number of rotatable bonds is 2. The van der Waals surface area contributed by atoms with E-state index in [0.29, 0.717) is 5.16 Å². The number of nitrogens with zero attached hydrogens (tertiary/aromatic N) is 2. The molecule has 1 rings (SSSR count). The normalized spacial score (nSPS) is 10.9. The van der Waals surface area contributed by atoms with Crippen LogP contribution < -0.4 is 11.1 Å². The Balaban J connectivity index is 2.76. The maximum absolute atomic E-state index is 11.5. The van der Waals surface area contributed by atoms with Gasteiger partial charge in [-0.1, -0.05) is 11.8 Å². The second-order valence-corrected chi connectivity index (χ2v) is 5.43. The highest BCUT2D eigenvalue weighted by atomic mass is 32.2. The molecule has 0 aromatic carbocycles. The Labute approximate surface area is 115 Å². The lowest BCUT2D eigenvalue weighted by Crippen LogP contribution is -2.36. The van der Waals surface area contributed by atoms with Crippen molar-refractivity contribution in [2.75, 3.05) is 12.0 Å². The van der Waals surface area contributed by atoms with Gasteiger partial charge in [0.05, 0.1) is 5.56 Å². The van der Waals surface area contributed by atoms with Crippen molar-refractivity contribution in [1.29, 1.82) is 5.41 Å². The highest BCUT2D eigenvalue weighted by Gasteiger charge is 2.18. The Morgan fingerprint density at radius 1 is 1.53 bits per heavy atom. The van der Waals surface area contributed by atoms with Gasteiger partial charge in [0.2, 0.25) is 0 Å². The first-order valence-corrected chi connectivity index (χ1v) is 6.71. The topological polar surface area (TPSA) is 114 Å². The molecule has 0 unspecified atom stereocenters. The summed E-state index contributed by atoms with van der Waals surface area (Å²) in [6.07, 6.45) is 2.50. The zero-order valence-corrected chi connectivity index (χ0v) is 12.1. The largest absolute Gasteiger partial charge is 0.444 e. The third-order valence-corrected chi connectivity index (χ3v) is 2.44. The zero-order chi connectivity index (χ0) is 14.6. The Morgan fingerprint density at radius 2 is 2.16 bits per heavy atom. The van der Waals surface area contributed by atoms with Crippen LogP contribution in [0.1, 0.15) is 26.3 Å². The number of hydrogen-bond acceptors (Lipinski definition) is 7. The number of amidine groups is 1. The number of carbonyl (C=O) groups excluding carboxylic acids is 1. The fourth-order valence-corrected chi connectivity index (χ4v) is 1.49. The van der Waals surface area contributed by atoms with Gasteiger partial charge in [0.25, 0.3) is 0 Å². The van der Waals surface area contributed by atoms with E-state index < -0.39 is 11.7 Å². The molecule has 19 heavy (non-hydrogen) atoms. The molecule has 1 amide bonds. The van der Waals surface area contributed by atoms with Crippen molar-refractivity contribution >= 4 is 29.5 Å². The molecule has 0 atom stereocenters. The van der Waals surface area contributed by atoms with Gasteiger partial charge in [-0.05, 0) is 27.0 Å². The SMILES string of the molecule is CSc1ncc(C(=N)NC(=O)OC(C)(C)C)c(N)n1. The van der Waals surface area contributed by atoms with Crippen LogP contribution in [0.5, 0.6) is 0 Å². The van der Waals surface area contributed by atoms with Gasteiger partial charge in [0.15, 0.2) is 5.16 Å². The van der Waals surface area contributed by atoms with Crippen LogP contribution in [0.25, 0.3) is 0 Å². The van der Waals surface area contributed by atoms with E-state index in [9.17, 15) is 4.79 Å². The minimum atomic E-state index is -0.717. The van der Waals surface area contributed by atoms with Gasteiger partial charge < -0.3 is 10.5 Å². The molecule has 1 heterocycles. The number of thioether (sulfide) groups is 1. The zero-order valence-electron chi connectivity index (χ0n) is 11.3. The number of amides is 1. The van der Waals surface area contributed by atoms with E-state index in [-0.39, 0.29) is 17.2 Å². The molecule has 0 fully saturated rings. The average Bonchev–Trinajstić information content (AvgIpc) is 2.25. The average molecular weight is 283 g/mol. The highest BCUT2D eigenvalue weighted by molar-refractivity contribution is 7.98. The first-order valence-electron chi connectivity index (χ1n) is 5.48. The number of ether oxygens (including phenoxy) is 1. The van der Waals surface area contributed by atoms with E-state index in [1.54, 1.807) is 20.8 Å². The molecular weight excluding hydrogens is 266 g/mol. The minimum absolute atomic E-state index is 0.139. The Hall–Kier alpha value is -1.83. The standard InChI is InChI=1S/C11H17N5O2S/c1-11(2,3)18-10(17)16-8(13)6-5-14-9(19-4)15-7(6)12/h5H,1-4H3,(H2,12,14,15)(H2,13,16,17). The maximum Gasteiger partial charge on any atom is 0.413 e. The molecule has 0 saturated heterocycles. The number of hydrogen-bond donors (Lipinski definition) is 3. The van der Waals surface area contributed by atoms with Gasteiger partial charge >= 0.3 is 6.09 Å². The molecule has 0 aliphatic heterocycles. The summed E-state index contributed by atoms with van der Waals surface area (Å²) in [5.74, 6) is -0.0557. The fraction of sp³-hybridized carbons (Fsp3) is 0.455. The predicted octanol–water partition coefficient (Wildman–Crippen LogP) is 1.63. The molecule has 1 aromatic rings. The van der Waals surface area contributed by atoms with Gasteiger partial charge in [-0.25, -0.2) is 14.8 Å². The first-order chi connectivity index (χ1) is 8.73. The van der Waals surface area contributed by atoms with E-state index in [1.165, 1.54) is 18.0 Å². The van der Waals surface area contributed by atoms with Crippen molar-refractivity contribution in [1.82, 2.24) is 15.3 Å². The van der Waals surface area contributed by atoms with Crippen molar-refractivity contribution in [2.45, 2.75) is 31.5 Å².